The molecule has 0 spiro atoms. The summed E-state index contributed by atoms with van der Waals surface area (Å²) in [5.74, 6) is -1.54. The number of hydrogen-bond donors (Lipinski definition) is 1. The number of carbonyl (C=O) groups excluding carboxylic acids is 1. The summed E-state index contributed by atoms with van der Waals surface area (Å²) in [6.45, 7) is 2.13. The van der Waals surface area contributed by atoms with Crippen molar-refractivity contribution in [1.82, 2.24) is 14.9 Å². The highest BCUT2D eigenvalue weighted by Gasteiger charge is 2.27. The zero-order valence-electron chi connectivity index (χ0n) is 14.1. The van der Waals surface area contributed by atoms with E-state index in [1.807, 2.05) is 4.90 Å². The van der Waals surface area contributed by atoms with Crippen LogP contribution in [0.5, 0.6) is 0 Å². The van der Waals surface area contributed by atoms with E-state index in [1.165, 1.54) is 4.90 Å². The smallest absolute Gasteiger partial charge is 0.255 e. The Morgan fingerprint density at radius 2 is 1.77 bits per heavy atom. The number of halogens is 2. The average molecular weight is 360 g/mol. The molecule has 136 valence electrons. The van der Waals surface area contributed by atoms with E-state index >= 15 is 0 Å². The van der Waals surface area contributed by atoms with Crippen LogP contribution >= 0.6 is 0 Å². The number of nitrogens with zero attached hydrogens (tertiary/aromatic N) is 3. The van der Waals surface area contributed by atoms with Gasteiger partial charge in [-0.3, -0.25) is 14.6 Å². The molecular weight excluding hydrogens is 342 g/mol. The third-order valence-electron chi connectivity index (χ3n) is 4.86. The number of fused-ring (bicyclic) bond motifs is 1. The van der Waals surface area contributed by atoms with Gasteiger partial charge in [-0.25, -0.2) is 13.8 Å². The number of nitrogens with one attached hydrogen (secondary N) is 1. The summed E-state index contributed by atoms with van der Waals surface area (Å²) in [5.41, 5.74) is 0.894. The van der Waals surface area contributed by atoms with Crippen molar-refractivity contribution in [1.29, 1.82) is 0 Å². The van der Waals surface area contributed by atoms with Gasteiger partial charge in [-0.15, -0.1) is 0 Å². The van der Waals surface area contributed by atoms with Crippen molar-refractivity contribution >= 4 is 11.9 Å². The third-order valence-corrected chi connectivity index (χ3v) is 4.86. The van der Waals surface area contributed by atoms with Crippen LogP contribution in [-0.4, -0.2) is 40.4 Å². The minimum Gasteiger partial charge on any atom is -0.342 e. The summed E-state index contributed by atoms with van der Waals surface area (Å²) in [4.78, 5) is 35.8. The van der Waals surface area contributed by atoms with Crippen molar-refractivity contribution in [3.63, 3.8) is 0 Å². The summed E-state index contributed by atoms with van der Waals surface area (Å²) in [6, 6.07) is 2.76. The fourth-order valence-electron chi connectivity index (χ4n) is 3.54. The Morgan fingerprint density at radius 1 is 1.08 bits per heavy atom. The lowest BCUT2D eigenvalue weighted by atomic mass is 10.1. The lowest BCUT2D eigenvalue weighted by Crippen LogP contribution is -2.40. The van der Waals surface area contributed by atoms with Crippen LogP contribution in [0.1, 0.15) is 34.5 Å². The molecule has 3 heterocycles. The van der Waals surface area contributed by atoms with Crippen LogP contribution < -0.4 is 10.5 Å². The molecule has 2 aromatic rings. The van der Waals surface area contributed by atoms with Gasteiger partial charge in [-0.2, -0.15) is 0 Å². The molecule has 0 bridgehead atoms. The quantitative estimate of drug-likeness (QED) is 0.887. The molecule has 1 aromatic carbocycles. The minimum absolute atomic E-state index is 0.0458. The molecule has 1 fully saturated rings. The van der Waals surface area contributed by atoms with E-state index in [0.29, 0.717) is 30.2 Å². The van der Waals surface area contributed by atoms with Crippen LogP contribution in [0.2, 0.25) is 0 Å². The van der Waals surface area contributed by atoms with Crippen molar-refractivity contribution in [2.45, 2.75) is 25.8 Å². The largest absolute Gasteiger partial charge is 0.342 e. The van der Waals surface area contributed by atoms with Crippen molar-refractivity contribution in [3.8, 4) is 0 Å². The molecule has 0 atom stereocenters. The van der Waals surface area contributed by atoms with Crippen molar-refractivity contribution in [2.24, 2.45) is 0 Å². The molecule has 0 aliphatic carbocycles. The molecule has 26 heavy (non-hydrogen) atoms. The maximum atomic E-state index is 13.4. The maximum Gasteiger partial charge on any atom is 0.255 e. The Morgan fingerprint density at radius 3 is 2.46 bits per heavy atom. The zero-order valence-corrected chi connectivity index (χ0v) is 14.1. The first-order valence-corrected chi connectivity index (χ1v) is 8.63. The van der Waals surface area contributed by atoms with E-state index < -0.39 is 17.5 Å². The lowest BCUT2D eigenvalue weighted by Gasteiger charge is -2.28. The lowest BCUT2D eigenvalue weighted by molar-refractivity contribution is 0.0730. The first-order valence-electron chi connectivity index (χ1n) is 8.63. The Hall–Kier alpha value is -2.77. The van der Waals surface area contributed by atoms with Crippen LogP contribution in [0.25, 0.3) is 0 Å². The van der Waals surface area contributed by atoms with Crippen molar-refractivity contribution in [3.05, 3.63) is 57.0 Å². The monoisotopic (exact) mass is 360 g/mol. The van der Waals surface area contributed by atoms with Crippen LogP contribution in [0.4, 0.5) is 14.7 Å². The number of benzene rings is 1. The summed E-state index contributed by atoms with van der Waals surface area (Å²) in [7, 11) is 0. The fourth-order valence-corrected chi connectivity index (χ4v) is 3.54. The molecule has 2 aliphatic rings. The molecule has 0 radical (unpaired) electrons. The number of amides is 1. The second-order valence-corrected chi connectivity index (χ2v) is 6.64. The first-order chi connectivity index (χ1) is 12.5. The SMILES string of the molecule is O=C(c1cc(F)cc(F)c1)N1CCc2c(nc(N3CCCC3)[nH]c2=O)C1. The van der Waals surface area contributed by atoms with Crippen LogP contribution in [0.3, 0.4) is 0 Å². The number of rotatable bonds is 2. The Bertz CT molecular complexity index is 902. The molecule has 0 unspecified atom stereocenters. The molecule has 8 heteroatoms. The number of aromatic nitrogens is 2. The van der Waals surface area contributed by atoms with E-state index in [0.717, 1.165) is 44.1 Å². The Kier molecular flexibility index (Phi) is 4.18. The van der Waals surface area contributed by atoms with E-state index in [9.17, 15) is 18.4 Å². The number of carbonyl (C=O) groups is 1. The van der Waals surface area contributed by atoms with Gasteiger partial charge < -0.3 is 9.80 Å². The van der Waals surface area contributed by atoms with E-state index in [2.05, 4.69) is 9.97 Å². The zero-order chi connectivity index (χ0) is 18.3. The number of hydrogen-bond acceptors (Lipinski definition) is 4. The summed E-state index contributed by atoms with van der Waals surface area (Å²) in [6.07, 6.45) is 2.47. The highest BCUT2D eigenvalue weighted by molar-refractivity contribution is 5.94. The van der Waals surface area contributed by atoms with Gasteiger partial charge in [-0.05, 0) is 31.4 Å². The van der Waals surface area contributed by atoms with Crippen molar-refractivity contribution in [2.75, 3.05) is 24.5 Å². The molecular formula is C18H18F2N4O2. The molecule has 2 aliphatic heterocycles. The highest BCUT2D eigenvalue weighted by Crippen LogP contribution is 2.21. The van der Waals surface area contributed by atoms with Crippen LogP contribution in [0, 0.1) is 11.6 Å². The number of H-pyrrole nitrogens is 1. The van der Waals surface area contributed by atoms with E-state index in [-0.39, 0.29) is 17.7 Å². The average Bonchev–Trinajstić information content (AvgIpc) is 3.14. The van der Waals surface area contributed by atoms with Gasteiger partial charge in [0.15, 0.2) is 0 Å². The third kappa shape index (κ3) is 3.07. The standard InChI is InChI=1S/C18H18F2N4O2/c19-12-7-11(8-13(20)9-12)17(26)24-6-3-14-15(10-24)21-18(22-16(14)25)23-4-1-2-5-23/h7-9H,1-6,10H2,(H,21,22,25). The van der Waals surface area contributed by atoms with Crippen LogP contribution in [-0.2, 0) is 13.0 Å². The van der Waals surface area contributed by atoms with Gasteiger partial charge in [0.2, 0.25) is 5.95 Å². The van der Waals surface area contributed by atoms with E-state index in [1.54, 1.807) is 0 Å². The summed E-state index contributed by atoms with van der Waals surface area (Å²) >= 11 is 0. The van der Waals surface area contributed by atoms with Crippen LogP contribution in [0.15, 0.2) is 23.0 Å². The van der Waals surface area contributed by atoms with Crippen molar-refractivity contribution < 1.29 is 13.6 Å². The molecule has 1 N–H and O–H groups in total. The normalized spacial score (nSPS) is 16.7. The predicted octanol–water partition coefficient (Wildman–Crippen LogP) is 1.85. The maximum absolute atomic E-state index is 13.4. The number of aromatic amines is 1. The van der Waals surface area contributed by atoms with Gasteiger partial charge in [0.25, 0.3) is 11.5 Å². The summed E-state index contributed by atoms with van der Waals surface area (Å²) < 4.78 is 26.8. The summed E-state index contributed by atoms with van der Waals surface area (Å²) in [5, 5.41) is 0. The Balaban J connectivity index is 1.62. The molecule has 6 nitrogen and oxygen atoms in total. The number of anilines is 1. The molecule has 1 amide bonds. The van der Waals surface area contributed by atoms with Gasteiger partial charge in [0.1, 0.15) is 11.6 Å². The molecule has 1 saturated heterocycles. The van der Waals surface area contributed by atoms with E-state index in [4.69, 9.17) is 0 Å². The molecule has 1 aromatic heterocycles. The van der Waals surface area contributed by atoms with Gasteiger partial charge in [0.05, 0.1) is 12.2 Å². The second-order valence-electron chi connectivity index (χ2n) is 6.64. The Labute approximate surface area is 148 Å². The van der Waals surface area contributed by atoms with Gasteiger partial charge >= 0.3 is 0 Å². The topological polar surface area (TPSA) is 69.3 Å². The van der Waals surface area contributed by atoms with Gasteiger partial charge in [-0.1, -0.05) is 0 Å². The molecule has 0 saturated carbocycles. The fraction of sp³-hybridized carbons (Fsp3) is 0.389. The first kappa shape index (κ1) is 16.7. The second kappa shape index (κ2) is 6.51. The molecule has 4 rings (SSSR count). The van der Waals surface area contributed by atoms with Gasteiger partial charge in [0, 0.05) is 36.8 Å². The predicted molar refractivity (Wildman–Crippen MR) is 91.1 cm³/mol. The minimum atomic E-state index is -0.795. The highest BCUT2D eigenvalue weighted by atomic mass is 19.1.